The summed E-state index contributed by atoms with van der Waals surface area (Å²) in [5.74, 6) is -6.63. The number of rotatable bonds is 4. The molecule has 0 fully saturated rings. The van der Waals surface area contributed by atoms with E-state index in [4.69, 9.17) is 16.7 Å². The molecule has 100 valence electrons. The molecule has 1 rings (SSSR count). The van der Waals surface area contributed by atoms with Gasteiger partial charge in [-0.25, -0.2) is 4.79 Å². The Hall–Kier alpha value is -1.50. The molecular weight excluding hydrogens is 280 g/mol. The number of carbonyl (C=O) groups is 1. The van der Waals surface area contributed by atoms with Crippen molar-refractivity contribution in [2.75, 3.05) is 0 Å². The summed E-state index contributed by atoms with van der Waals surface area (Å²) in [6, 6.07) is 2.46. The summed E-state index contributed by atoms with van der Waals surface area (Å²) in [5, 5.41) is 8.42. The maximum absolute atomic E-state index is 12.9. The van der Waals surface area contributed by atoms with Gasteiger partial charge in [-0.2, -0.15) is 17.6 Å². The highest BCUT2D eigenvalue weighted by molar-refractivity contribution is 6.31. The van der Waals surface area contributed by atoms with Crippen LogP contribution in [0.4, 0.5) is 17.6 Å². The summed E-state index contributed by atoms with van der Waals surface area (Å²) < 4.78 is 54.7. The smallest absolute Gasteiger partial charge is 0.463 e. The fraction of sp³-hybridized carbons (Fsp3) is 0.300. The van der Waals surface area contributed by atoms with E-state index in [1.807, 2.05) is 0 Å². The number of alkyl halides is 4. The van der Waals surface area contributed by atoms with Crippen LogP contribution in [0.2, 0.25) is 5.02 Å². The Labute approximate surface area is 104 Å². The van der Waals surface area contributed by atoms with Crippen molar-refractivity contribution >= 4 is 17.6 Å². The molecule has 0 atom stereocenters. The lowest BCUT2D eigenvalue weighted by Crippen LogP contribution is -2.42. The molecule has 0 aliphatic heterocycles. The predicted molar refractivity (Wildman–Crippen MR) is 54.6 cm³/mol. The number of benzene rings is 1. The standard InChI is InChI=1S/C10H7ClF4O3/c1-9(12,13)10(14,15)18-7-3-5(8(16)17)2-6(11)4-7/h2-4H,1H3,(H,16,17). The molecule has 1 N–H and O–H groups in total. The van der Waals surface area contributed by atoms with Gasteiger partial charge in [0.1, 0.15) is 5.75 Å². The summed E-state index contributed by atoms with van der Waals surface area (Å²) in [5.41, 5.74) is -0.451. The zero-order chi connectivity index (χ0) is 14.1. The molecular formula is C10H7ClF4O3. The molecule has 8 heteroatoms. The van der Waals surface area contributed by atoms with E-state index in [1.165, 1.54) is 0 Å². The number of halogens is 5. The highest BCUT2D eigenvalue weighted by Gasteiger charge is 2.55. The van der Waals surface area contributed by atoms with Crippen LogP contribution in [0.15, 0.2) is 18.2 Å². The zero-order valence-corrected chi connectivity index (χ0v) is 9.64. The second kappa shape index (κ2) is 4.64. The number of aromatic carboxylic acids is 1. The monoisotopic (exact) mass is 286 g/mol. The highest BCUT2D eigenvalue weighted by Crippen LogP contribution is 2.36. The Bertz CT molecular complexity index is 471. The van der Waals surface area contributed by atoms with Gasteiger partial charge in [-0.1, -0.05) is 11.6 Å². The molecule has 0 heterocycles. The molecule has 0 aliphatic rings. The molecule has 0 radical (unpaired) electrons. The molecule has 1 aromatic rings. The number of hydrogen-bond donors (Lipinski definition) is 1. The van der Waals surface area contributed by atoms with E-state index in [0.717, 1.165) is 12.1 Å². The largest absolute Gasteiger partial charge is 0.478 e. The van der Waals surface area contributed by atoms with Crippen LogP contribution >= 0.6 is 11.6 Å². The average molecular weight is 287 g/mol. The summed E-state index contributed by atoms with van der Waals surface area (Å²) in [6.07, 6.45) is -4.77. The first-order valence-corrected chi connectivity index (χ1v) is 4.89. The lowest BCUT2D eigenvalue weighted by molar-refractivity contribution is -0.301. The zero-order valence-electron chi connectivity index (χ0n) is 8.89. The van der Waals surface area contributed by atoms with Gasteiger partial charge in [-0.3, -0.25) is 0 Å². The highest BCUT2D eigenvalue weighted by atomic mass is 35.5. The molecule has 3 nitrogen and oxygen atoms in total. The minimum atomic E-state index is -4.77. The molecule has 0 amide bonds. The van der Waals surface area contributed by atoms with Crippen molar-refractivity contribution in [2.24, 2.45) is 0 Å². The van der Waals surface area contributed by atoms with Crippen molar-refractivity contribution < 1.29 is 32.2 Å². The van der Waals surface area contributed by atoms with Gasteiger partial charge in [-0.05, 0) is 18.2 Å². The normalized spacial score (nSPS) is 12.3. The van der Waals surface area contributed by atoms with Crippen molar-refractivity contribution in [1.29, 1.82) is 0 Å². The van der Waals surface area contributed by atoms with Crippen molar-refractivity contribution in [2.45, 2.75) is 19.0 Å². The second-order valence-corrected chi connectivity index (χ2v) is 3.92. The minimum absolute atomic E-state index is 0.0182. The first-order valence-electron chi connectivity index (χ1n) is 4.51. The summed E-state index contributed by atoms with van der Waals surface area (Å²) >= 11 is 5.46. The van der Waals surface area contributed by atoms with E-state index < -0.39 is 29.3 Å². The van der Waals surface area contributed by atoms with Crippen molar-refractivity contribution in [3.05, 3.63) is 28.8 Å². The minimum Gasteiger partial charge on any atom is -0.478 e. The molecule has 0 bridgehead atoms. The topological polar surface area (TPSA) is 46.5 Å². The lowest BCUT2D eigenvalue weighted by atomic mass is 10.2. The third-order valence-corrected chi connectivity index (χ3v) is 2.09. The summed E-state index contributed by atoms with van der Waals surface area (Å²) in [6.45, 7) is -0.0182. The summed E-state index contributed by atoms with van der Waals surface area (Å²) in [4.78, 5) is 10.6. The Balaban J connectivity index is 3.09. The van der Waals surface area contributed by atoms with Crippen molar-refractivity contribution in [3.8, 4) is 5.75 Å². The van der Waals surface area contributed by atoms with E-state index in [-0.39, 0.29) is 11.9 Å². The van der Waals surface area contributed by atoms with Gasteiger partial charge >= 0.3 is 18.0 Å². The van der Waals surface area contributed by atoms with E-state index in [1.54, 1.807) is 0 Å². The van der Waals surface area contributed by atoms with Gasteiger partial charge in [0.25, 0.3) is 0 Å². The van der Waals surface area contributed by atoms with Gasteiger partial charge in [0.2, 0.25) is 0 Å². The van der Waals surface area contributed by atoms with Crippen molar-refractivity contribution in [3.63, 3.8) is 0 Å². The number of carboxylic acid groups (broad SMARTS) is 1. The van der Waals surface area contributed by atoms with Gasteiger partial charge < -0.3 is 9.84 Å². The molecule has 18 heavy (non-hydrogen) atoms. The van der Waals surface area contributed by atoms with Crippen LogP contribution < -0.4 is 4.74 Å². The molecule has 0 aliphatic carbocycles. The number of hydrogen-bond acceptors (Lipinski definition) is 2. The fourth-order valence-electron chi connectivity index (χ4n) is 0.983. The van der Waals surface area contributed by atoms with Crippen LogP contribution in [-0.4, -0.2) is 23.1 Å². The Kier molecular flexibility index (Phi) is 3.75. The molecule has 0 saturated carbocycles. The van der Waals surface area contributed by atoms with E-state index in [0.29, 0.717) is 6.07 Å². The van der Waals surface area contributed by atoms with E-state index in [9.17, 15) is 22.4 Å². The molecule has 0 saturated heterocycles. The van der Waals surface area contributed by atoms with Crippen LogP contribution in [-0.2, 0) is 0 Å². The fourth-order valence-corrected chi connectivity index (χ4v) is 1.21. The summed E-state index contributed by atoms with van der Waals surface area (Å²) in [7, 11) is 0. The SMILES string of the molecule is CC(F)(F)C(F)(F)Oc1cc(Cl)cc(C(=O)O)c1. The van der Waals surface area contributed by atoms with E-state index in [2.05, 4.69) is 4.74 Å². The lowest BCUT2D eigenvalue weighted by Gasteiger charge is -2.23. The Morgan fingerprint density at radius 3 is 2.28 bits per heavy atom. The average Bonchev–Trinajstić information content (AvgIpc) is 2.13. The van der Waals surface area contributed by atoms with Gasteiger partial charge in [0.15, 0.2) is 0 Å². The first kappa shape index (κ1) is 14.6. The molecule has 1 aromatic carbocycles. The number of ether oxygens (including phenoxy) is 1. The maximum Gasteiger partial charge on any atom is 0.463 e. The molecule has 0 spiro atoms. The first-order chi connectivity index (χ1) is 8.03. The number of carboxylic acids is 1. The van der Waals surface area contributed by atoms with E-state index >= 15 is 0 Å². The molecule has 0 unspecified atom stereocenters. The van der Waals surface area contributed by atoms with Gasteiger partial charge in [-0.15, -0.1) is 0 Å². The van der Waals surface area contributed by atoms with Crippen molar-refractivity contribution in [1.82, 2.24) is 0 Å². The predicted octanol–water partition coefficient (Wildman–Crippen LogP) is 3.67. The second-order valence-electron chi connectivity index (χ2n) is 3.49. The maximum atomic E-state index is 12.9. The Morgan fingerprint density at radius 2 is 1.83 bits per heavy atom. The van der Waals surface area contributed by atoms with Crippen LogP contribution in [0.5, 0.6) is 5.75 Å². The van der Waals surface area contributed by atoms with Crippen LogP contribution in [0.3, 0.4) is 0 Å². The van der Waals surface area contributed by atoms with Crippen LogP contribution in [0.25, 0.3) is 0 Å². The third-order valence-electron chi connectivity index (χ3n) is 1.88. The Morgan fingerprint density at radius 1 is 1.28 bits per heavy atom. The molecule has 0 aromatic heterocycles. The van der Waals surface area contributed by atoms with Crippen LogP contribution in [0, 0.1) is 0 Å². The third kappa shape index (κ3) is 3.25. The van der Waals surface area contributed by atoms with Gasteiger partial charge in [0, 0.05) is 11.9 Å². The van der Waals surface area contributed by atoms with Gasteiger partial charge in [0.05, 0.1) is 5.56 Å². The quantitative estimate of drug-likeness (QED) is 0.859. The van der Waals surface area contributed by atoms with Crippen LogP contribution in [0.1, 0.15) is 17.3 Å².